The number of nitrogens with two attached hydrogens (primary N) is 2. The van der Waals surface area contributed by atoms with Crippen molar-refractivity contribution in [1.29, 1.82) is 0 Å². The first-order valence-corrected chi connectivity index (χ1v) is 8.91. The van der Waals surface area contributed by atoms with E-state index in [-0.39, 0.29) is 17.8 Å². The fourth-order valence-corrected chi connectivity index (χ4v) is 3.08. The van der Waals surface area contributed by atoms with Crippen LogP contribution < -0.4 is 16.8 Å². The van der Waals surface area contributed by atoms with Crippen molar-refractivity contribution in [1.82, 2.24) is 10.2 Å². The van der Waals surface area contributed by atoms with E-state index in [9.17, 15) is 8.42 Å². The van der Waals surface area contributed by atoms with Gasteiger partial charge in [0, 0.05) is 38.0 Å². The third kappa shape index (κ3) is 4.95. The van der Waals surface area contributed by atoms with Crippen molar-refractivity contribution in [2.75, 3.05) is 38.3 Å². The summed E-state index contributed by atoms with van der Waals surface area (Å²) in [5.41, 5.74) is 11.0. The van der Waals surface area contributed by atoms with Crippen molar-refractivity contribution < 1.29 is 13.2 Å². The summed E-state index contributed by atoms with van der Waals surface area (Å²) in [6.07, 6.45) is 5.20. The summed E-state index contributed by atoms with van der Waals surface area (Å²) >= 11 is 0. The Labute approximate surface area is 125 Å². The molecule has 1 fully saturated rings. The van der Waals surface area contributed by atoms with Gasteiger partial charge in [0.05, 0.1) is 19.0 Å². The minimum Gasteiger partial charge on any atom is -0.378 e. The van der Waals surface area contributed by atoms with Gasteiger partial charge in [0.25, 0.3) is 0 Å². The van der Waals surface area contributed by atoms with Crippen LogP contribution in [-0.2, 0) is 14.6 Å². The first-order chi connectivity index (χ1) is 9.77. The average molecular weight is 317 g/mol. The summed E-state index contributed by atoms with van der Waals surface area (Å²) in [5.74, 6) is 0.406. The fourth-order valence-electron chi connectivity index (χ4n) is 2.51. The maximum atomic E-state index is 11.3. The van der Waals surface area contributed by atoms with Crippen molar-refractivity contribution in [3.63, 3.8) is 0 Å². The van der Waals surface area contributed by atoms with Crippen molar-refractivity contribution in [3.8, 4) is 0 Å². The highest BCUT2D eigenvalue weighted by molar-refractivity contribution is 7.90. The molecule has 1 saturated heterocycles. The lowest BCUT2D eigenvalue weighted by Gasteiger charge is -2.39. The van der Waals surface area contributed by atoms with Gasteiger partial charge in [0.1, 0.15) is 15.5 Å². The van der Waals surface area contributed by atoms with Gasteiger partial charge in [-0.25, -0.2) is 13.4 Å². The smallest absolute Gasteiger partial charge is 0.194 e. The zero-order valence-electron chi connectivity index (χ0n) is 12.2. The number of morpholine rings is 1. The molecule has 2 aliphatic rings. The molecule has 0 aromatic carbocycles. The van der Waals surface area contributed by atoms with Gasteiger partial charge in [-0.1, -0.05) is 0 Å². The molecule has 0 spiro atoms. The topological polar surface area (TPSA) is 123 Å². The Morgan fingerprint density at radius 3 is 3.05 bits per heavy atom. The van der Waals surface area contributed by atoms with Crippen LogP contribution in [0, 0.1) is 0 Å². The monoisotopic (exact) mass is 317 g/mol. The van der Waals surface area contributed by atoms with Crippen LogP contribution in [0.1, 0.15) is 6.42 Å². The van der Waals surface area contributed by atoms with Gasteiger partial charge in [0.2, 0.25) is 0 Å². The van der Waals surface area contributed by atoms with Crippen LogP contribution in [-0.4, -0.2) is 69.3 Å². The van der Waals surface area contributed by atoms with Crippen LogP contribution in [0.3, 0.4) is 0 Å². The predicted molar refractivity (Wildman–Crippen MR) is 81.3 cm³/mol. The molecule has 0 bridgehead atoms. The number of nitrogens with zero attached hydrogens (tertiary/aromatic N) is 2. The van der Waals surface area contributed by atoms with E-state index >= 15 is 0 Å². The molecular formula is C12H23N5O3S. The third-order valence-electron chi connectivity index (χ3n) is 3.59. The lowest BCUT2D eigenvalue weighted by atomic mass is 9.99. The highest BCUT2D eigenvalue weighted by Gasteiger charge is 2.33. The Morgan fingerprint density at radius 1 is 1.62 bits per heavy atom. The number of aliphatic imine (C=N–C) groups is 1. The summed E-state index contributed by atoms with van der Waals surface area (Å²) < 4.78 is 28.2. The van der Waals surface area contributed by atoms with Gasteiger partial charge >= 0.3 is 0 Å². The second kappa shape index (κ2) is 6.30. The summed E-state index contributed by atoms with van der Waals surface area (Å²) in [4.78, 5) is 6.32. The Kier molecular flexibility index (Phi) is 4.87. The van der Waals surface area contributed by atoms with Gasteiger partial charge in [0.15, 0.2) is 5.96 Å². The Hall–Kier alpha value is -1.16. The molecule has 0 saturated carbocycles. The molecule has 9 heteroatoms. The van der Waals surface area contributed by atoms with E-state index in [1.165, 1.54) is 6.26 Å². The number of guanidine groups is 1. The van der Waals surface area contributed by atoms with E-state index in [4.69, 9.17) is 16.2 Å². The van der Waals surface area contributed by atoms with Crippen molar-refractivity contribution in [3.05, 3.63) is 12.3 Å². The first kappa shape index (κ1) is 16.2. The van der Waals surface area contributed by atoms with Crippen LogP contribution in [0.25, 0.3) is 0 Å². The molecule has 2 atom stereocenters. The molecule has 0 radical (unpaired) electrons. The number of hydrogen-bond donors (Lipinski definition) is 3. The Bertz CT molecular complexity index is 533. The van der Waals surface area contributed by atoms with E-state index < -0.39 is 15.5 Å². The third-order valence-corrected chi connectivity index (χ3v) is 4.52. The van der Waals surface area contributed by atoms with Gasteiger partial charge < -0.3 is 21.5 Å². The van der Waals surface area contributed by atoms with Gasteiger partial charge in [-0.3, -0.25) is 4.90 Å². The second-order valence-electron chi connectivity index (χ2n) is 5.56. The van der Waals surface area contributed by atoms with Crippen molar-refractivity contribution >= 4 is 15.8 Å². The molecule has 2 rings (SSSR count). The SMILES string of the molecule is CS(=O)(=O)CCN1CCOCC1CC1(N)C=CNC(N)=N1. The molecule has 8 nitrogen and oxygen atoms in total. The number of hydrogen-bond acceptors (Lipinski definition) is 8. The maximum absolute atomic E-state index is 11.3. The Morgan fingerprint density at radius 2 is 2.38 bits per heavy atom. The van der Waals surface area contributed by atoms with E-state index in [0.717, 1.165) is 0 Å². The summed E-state index contributed by atoms with van der Waals surface area (Å²) in [6, 6.07) is 0.0183. The van der Waals surface area contributed by atoms with Gasteiger partial charge in [-0.05, 0) is 6.08 Å². The molecule has 0 amide bonds. The quantitative estimate of drug-likeness (QED) is 0.547. The molecule has 5 N–H and O–H groups in total. The predicted octanol–water partition coefficient (Wildman–Crippen LogP) is -1.79. The number of nitrogens with one attached hydrogen (secondary N) is 1. The van der Waals surface area contributed by atoms with Crippen LogP contribution in [0.4, 0.5) is 0 Å². The molecule has 0 aliphatic carbocycles. The molecular weight excluding hydrogens is 294 g/mol. The fraction of sp³-hybridized carbons (Fsp3) is 0.750. The molecule has 2 heterocycles. The van der Waals surface area contributed by atoms with E-state index in [1.807, 2.05) is 0 Å². The summed E-state index contributed by atoms with van der Waals surface area (Å²) in [7, 11) is -2.99. The second-order valence-corrected chi connectivity index (χ2v) is 7.82. The van der Waals surface area contributed by atoms with Gasteiger partial charge in [-0.2, -0.15) is 0 Å². The highest BCUT2D eigenvalue weighted by Crippen LogP contribution is 2.21. The minimum absolute atomic E-state index is 0.0183. The molecule has 21 heavy (non-hydrogen) atoms. The normalized spacial score (nSPS) is 30.8. The van der Waals surface area contributed by atoms with Crippen LogP contribution in [0.2, 0.25) is 0 Å². The van der Waals surface area contributed by atoms with Crippen LogP contribution in [0.15, 0.2) is 17.3 Å². The van der Waals surface area contributed by atoms with Crippen molar-refractivity contribution in [2.45, 2.75) is 18.1 Å². The lowest BCUT2D eigenvalue weighted by Crippen LogP contribution is -2.54. The zero-order chi connectivity index (χ0) is 15.5. The number of ether oxygens (including phenoxy) is 1. The molecule has 2 aliphatic heterocycles. The molecule has 0 aromatic heterocycles. The van der Waals surface area contributed by atoms with E-state index in [0.29, 0.717) is 32.7 Å². The first-order valence-electron chi connectivity index (χ1n) is 6.85. The Balaban J connectivity index is 2.02. The lowest BCUT2D eigenvalue weighted by molar-refractivity contribution is -0.0125. The summed E-state index contributed by atoms with van der Waals surface area (Å²) in [5, 5.41) is 2.77. The van der Waals surface area contributed by atoms with E-state index in [1.54, 1.807) is 12.3 Å². The number of sulfone groups is 1. The molecule has 120 valence electrons. The van der Waals surface area contributed by atoms with Crippen molar-refractivity contribution in [2.24, 2.45) is 16.5 Å². The highest BCUT2D eigenvalue weighted by atomic mass is 32.2. The average Bonchev–Trinajstić information content (AvgIpc) is 2.36. The zero-order valence-corrected chi connectivity index (χ0v) is 13.0. The molecule has 0 aromatic rings. The minimum atomic E-state index is -2.99. The van der Waals surface area contributed by atoms with Crippen LogP contribution in [0.5, 0.6) is 0 Å². The summed E-state index contributed by atoms with van der Waals surface area (Å²) in [6.45, 7) is 2.28. The molecule has 2 unspecified atom stereocenters. The maximum Gasteiger partial charge on any atom is 0.194 e. The standard InChI is InChI=1S/C12H23N5O3S/c1-21(18,19)7-5-17-4-6-20-9-10(17)8-12(14)2-3-15-11(13)16-12/h2-3,10H,4-9,14H2,1H3,(H3,13,15,16). The van der Waals surface area contributed by atoms with Gasteiger partial charge in [-0.15, -0.1) is 0 Å². The van der Waals surface area contributed by atoms with E-state index in [2.05, 4.69) is 15.2 Å². The number of rotatable bonds is 5. The largest absolute Gasteiger partial charge is 0.378 e. The van der Waals surface area contributed by atoms with Crippen LogP contribution >= 0.6 is 0 Å².